The van der Waals surface area contributed by atoms with Crippen molar-refractivity contribution in [2.45, 2.75) is 6.42 Å². The third kappa shape index (κ3) is 3.54. The lowest BCUT2D eigenvalue weighted by Crippen LogP contribution is -2.49. The maximum absolute atomic E-state index is 12.6. The number of benzene rings is 2. The second kappa shape index (κ2) is 7.28. The van der Waals surface area contributed by atoms with Crippen LogP contribution in [-0.4, -0.2) is 61.5 Å². The van der Waals surface area contributed by atoms with Gasteiger partial charge in [0, 0.05) is 57.1 Å². The Balaban J connectivity index is 1.28. The van der Waals surface area contributed by atoms with Gasteiger partial charge in [-0.2, -0.15) is 0 Å². The molecule has 0 spiro atoms. The summed E-state index contributed by atoms with van der Waals surface area (Å²) in [6, 6.07) is 18.6. The molecule has 0 aliphatic carbocycles. The molecule has 2 aromatic rings. The summed E-state index contributed by atoms with van der Waals surface area (Å²) < 4.78 is 0. The fraction of sp³-hybridized carbons (Fsp3) is 0.381. The molecule has 2 aromatic carbocycles. The average molecular weight is 335 g/mol. The zero-order valence-electron chi connectivity index (χ0n) is 14.6. The Morgan fingerprint density at radius 1 is 0.760 bits per heavy atom. The fourth-order valence-electron chi connectivity index (χ4n) is 3.82. The smallest absolute Gasteiger partial charge is 0.254 e. The van der Waals surface area contributed by atoms with Gasteiger partial charge in [0.15, 0.2) is 0 Å². The van der Waals surface area contributed by atoms with Crippen molar-refractivity contribution in [1.29, 1.82) is 0 Å². The molecule has 0 atom stereocenters. The van der Waals surface area contributed by atoms with Gasteiger partial charge in [-0.3, -0.25) is 9.69 Å². The van der Waals surface area contributed by atoms with Gasteiger partial charge in [0.1, 0.15) is 0 Å². The maximum atomic E-state index is 12.6. The molecule has 0 saturated carbocycles. The molecular formula is C21H25N3O. The number of para-hydroxylation sites is 1. The van der Waals surface area contributed by atoms with Gasteiger partial charge >= 0.3 is 0 Å². The summed E-state index contributed by atoms with van der Waals surface area (Å²) in [6.45, 7) is 6.89. The van der Waals surface area contributed by atoms with Crippen molar-refractivity contribution in [3.8, 4) is 0 Å². The molecule has 0 radical (unpaired) electrons. The molecule has 25 heavy (non-hydrogen) atoms. The summed E-state index contributed by atoms with van der Waals surface area (Å²) in [4.78, 5) is 19.6. The summed E-state index contributed by atoms with van der Waals surface area (Å²) in [5.41, 5.74) is 3.40. The van der Waals surface area contributed by atoms with Crippen LogP contribution in [0.3, 0.4) is 0 Å². The summed E-state index contributed by atoms with van der Waals surface area (Å²) in [7, 11) is 0. The zero-order valence-corrected chi connectivity index (χ0v) is 14.6. The zero-order chi connectivity index (χ0) is 17.1. The third-order valence-corrected chi connectivity index (χ3v) is 5.37. The van der Waals surface area contributed by atoms with Crippen LogP contribution >= 0.6 is 0 Å². The largest absolute Gasteiger partial charge is 0.369 e. The van der Waals surface area contributed by atoms with Gasteiger partial charge in [0.05, 0.1) is 0 Å². The fourth-order valence-corrected chi connectivity index (χ4v) is 3.82. The lowest BCUT2D eigenvalue weighted by molar-refractivity contribution is 0.0717. The van der Waals surface area contributed by atoms with E-state index < -0.39 is 0 Å². The molecule has 2 aliphatic rings. The van der Waals surface area contributed by atoms with Crippen LogP contribution in [0.4, 0.5) is 5.69 Å². The first-order valence-electron chi connectivity index (χ1n) is 9.21. The molecule has 1 amide bonds. The van der Waals surface area contributed by atoms with Gasteiger partial charge in [-0.15, -0.1) is 0 Å². The maximum Gasteiger partial charge on any atom is 0.254 e. The average Bonchev–Trinajstić information content (AvgIpc) is 2.69. The van der Waals surface area contributed by atoms with Crippen LogP contribution < -0.4 is 4.90 Å². The molecule has 0 bridgehead atoms. The highest BCUT2D eigenvalue weighted by Crippen LogP contribution is 2.19. The first-order valence-corrected chi connectivity index (χ1v) is 9.21. The molecule has 130 valence electrons. The number of hydrogen-bond donors (Lipinski definition) is 0. The lowest BCUT2D eigenvalue weighted by Gasteiger charge is -2.37. The molecule has 0 N–H and O–H groups in total. The Bertz CT molecular complexity index is 723. The van der Waals surface area contributed by atoms with E-state index in [4.69, 9.17) is 0 Å². The number of hydrogen-bond acceptors (Lipinski definition) is 3. The highest BCUT2D eigenvalue weighted by molar-refractivity contribution is 5.96. The second-order valence-corrected chi connectivity index (χ2v) is 6.86. The number of amides is 1. The minimum atomic E-state index is 0.199. The standard InChI is InChI=1S/C21H25N3O/c25-21-20-9-5-4-6-18(20)10-11-24(21)17-14-22-12-15-23(16-13-22)19-7-2-1-3-8-19/h1-9H,10-17H2. The molecular weight excluding hydrogens is 310 g/mol. The molecule has 0 aromatic heterocycles. The summed E-state index contributed by atoms with van der Waals surface area (Å²) in [6.07, 6.45) is 0.976. The third-order valence-electron chi connectivity index (χ3n) is 5.37. The normalized spacial score (nSPS) is 18.3. The minimum absolute atomic E-state index is 0.199. The highest BCUT2D eigenvalue weighted by Gasteiger charge is 2.24. The Kier molecular flexibility index (Phi) is 4.70. The second-order valence-electron chi connectivity index (χ2n) is 6.86. The van der Waals surface area contributed by atoms with Crippen molar-refractivity contribution in [1.82, 2.24) is 9.80 Å². The molecule has 4 rings (SSSR count). The van der Waals surface area contributed by atoms with Gasteiger partial charge in [-0.25, -0.2) is 0 Å². The predicted octanol–water partition coefficient (Wildman–Crippen LogP) is 2.51. The van der Waals surface area contributed by atoms with Crippen LogP contribution in [-0.2, 0) is 6.42 Å². The van der Waals surface area contributed by atoms with Crippen LogP contribution in [0, 0.1) is 0 Å². The Labute approximate surface area is 149 Å². The van der Waals surface area contributed by atoms with E-state index in [-0.39, 0.29) is 5.91 Å². The minimum Gasteiger partial charge on any atom is -0.369 e. The van der Waals surface area contributed by atoms with E-state index in [1.807, 2.05) is 23.1 Å². The molecule has 2 heterocycles. The van der Waals surface area contributed by atoms with Crippen molar-refractivity contribution in [3.05, 3.63) is 65.7 Å². The number of carbonyl (C=O) groups is 1. The Morgan fingerprint density at radius 2 is 1.48 bits per heavy atom. The van der Waals surface area contributed by atoms with E-state index in [0.717, 1.165) is 57.8 Å². The number of fused-ring (bicyclic) bond motifs is 1. The van der Waals surface area contributed by atoms with E-state index in [9.17, 15) is 4.79 Å². The SMILES string of the molecule is O=C1c2ccccc2CCN1CCN1CCN(c2ccccc2)CC1. The van der Waals surface area contributed by atoms with Crippen molar-refractivity contribution >= 4 is 11.6 Å². The monoisotopic (exact) mass is 335 g/mol. The summed E-state index contributed by atoms with van der Waals surface area (Å²) >= 11 is 0. The Morgan fingerprint density at radius 3 is 2.28 bits per heavy atom. The number of anilines is 1. The van der Waals surface area contributed by atoms with Gasteiger partial charge < -0.3 is 9.80 Å². The lowest BCUT2D eigenvalue weighted by atomic mass is 9.99. The van der Waals surface area contributed by atoms with Gasteiger partial charge in [0.25, 0.3) is 5.91 Å². The van der Waals surface area contributed by atoms with Crippen LogP contribution in [0.5, 0.6) is 0 Å². The van der Waals surface area contributed by atoms with Crippen LogP contribution in [0.1, 0.15) is 15.9 Å². The molecule has 0 unspecified atom stereocenters. The first kappa shape index (κ1) is 16.2. The van der Waals surface area contributed by atoms with Crippen molar-refractivity contribution in [2.24, 2.45) is 0 Å². The van der Waals surface area contributed by atoms with Crippen LogP contribution in [0.15, 0.2) is 54.6 Å². The quantitative estimate of drug-likeness (QED) is 0.859. The molecule has 1 saturated heterocycles. The molecule has 4 heteroatoms. The number of piperazine rings is 1. The van der Waals surface area contributed by atoms with Crippen molar-refractivity contribution in [3.63, 3.8) is 0 Å². The highest BCUT2D eigenvalue weighted by atomic mass is 16.2. The van der Waals surface area contributed by atoms with Crippen LogP contribution in [0.2, 0.25) is 0 Å². The predicted molar refractivity (Wildman–Crippen MR) is 101 cm³/mol. The number of nitrogens with zero attached hydrogens (tertiary/aromatic N) is 3. The van der Waals surface area contributed by atoms with Crippen LogP contribution in [0.25, 0.3) is 0 Å². The summed E-state index contributed by atoms with van der Waals surface area (Å²) in [5.74, 6) is 0.199. The molecule has 2 aliphatic heterocycles. The van der Waals surface area contributed by atoms with E-state index in [1.165, 1.54) is 11.3 Å². The van der Waals surface area contributed by atoms with E-state index in [0.29, 0.717) is 0 Å². The van der Waals surface area contributed by atoms with E-state index in [2.05, 4.69) is 46.2 Å². The molecule has 1 fully saturated rings. The van der Waals surface area contributed by atoms with Gasteiger partial charge in [-0.1, -0.05) is 36.4 Å². The van der Waals surface area contributed by atoms with E-state index in [1.54, 1.807) is 0 Å². The number of carbonyl (C=O) groups excluding carboxylic acids is 1. The van der Waals surface area contributed by atoms with Gasteiger partial charge in [0.2, 0.25) is 0 Å². The number of rotatable bonds is 4. The van der Waals surface area contributed by atoms with Crippen molar-refractivity contribution < 1.29 is 4.79 Å². The first-order chi connectivity index (χ1) is 12.3. The Hall–Kier alpha value is -2.33. The topological polar surface area (TPSA) is 26.8 Å². The van der Waals surface area contributed by atoms with Gasteiger partial charge in [-0.05, 0) is 30.2 Å². The van der Waals surface area contributed by atoms with Crippen molar-refractivity contribution in [2.75, 3.05) is 50.7 Å². The van der Waals surface area contributed by atoms with E-state index >= 15 is 0 Å². The summed E-state index contributed by atoms with van der Waals surface area (Å²) in [5, 5.41) is 0. The molecule has 4 nitrogen and oxygen atoms in total.